The maximum absolute atomic E-state index is 2.48. The summed E-state index contributed by atoms with van der Waals surface area (Å²) in [6, 6.07) is 26.3. The topological polar surface area (TPSA) is 31.5 Å². The van der Waals surface area contributed by atoms with Crippen LogP contribution in [0.1, 0.15) is 22.3 Å². The lowest BCUT2D eigenvalue weighted by Gasteiger charge is -2.06. The van der Waals surface area contributed by atoms with E-state index in [1.54, 1.807) is 0 Å². The summed E-state index contributed by atoms with van der Waals surface area (Å²) in [6.45, 7) is 6.60. The quantitative estimate of drug-likeness (QED) is 0.646. The second-order valence-corrected chi connectivity index (χ2v) is 8.01. The molecule has 0 spiro atoms. The molecule has 1 nitrogen and oxygen atoms in total. The summed E-state index contributed by atoms with van der Waals surface area (Å²) in [7, 11) is -0.494. The third-order valence-corrected chi connectivity index (χ3v) is 6.29. The average Bonchev–Trinajstić information content (AvgIpc) is 2.56. The summed E-state index contributed by atoms with van der Waals surface area (Å²) < 4.78 is 0. The molecule has 3 aromatic rings. The Kier molecular flexibility index (Phi) is 6.09. The first-order valence-corrected chi connectivity index (χ1v) is 9.38. The zero-order valence-electron chi connectivity index (χ0n) is 14.5. The van der Waals surface area contributed by atoms with Crippen LogP contribution < -0.4 is 10.6 Å². The molecule has 3 aromatic carbocycles. The van der Waals surface area contributed by atoms with Gasteiger partial charge in [0, 0.05) is 5.56 Å². The lowest BCUT2D eigenvalue weighted by Crippen LogP contribution is -2.09. The van der Waals surface area contributed by atoms with Gasteiger partial charge in [0.2, 0.25) is 0 Å². The molecule has 0 aromatic heterocycles. The highest BCUT2D eigenvalue weighted by atomic mass is 31.1. The van der Waals surface area contributed by atoms with E-state index in [0.29, 0.717) is 0 Å². The zero-order chi connectivity index (χ0) is 16.2. The lowest BCUT2D eigenvalue weighted by molar-refractivity contribution is 0.824. The van der Waals surface area contributed by atoms with Crippen LogP contribution in [-0.4, -0.2) is 11.3 Å². The second kappa shape index (κ2) is 8.06. The summed E-state index contributed by atoms with van der Waals surface area (Å²) in [4.78, 5) is 0. The van der Waals surface area contributed by atoms with E-state index in [1.165, 1.54) is 32.9 Å². The first kappa shape index (κ1) is 18.1. The summed E-state index contributed by atoms with van der Waals surface area (Å²) in [5.41, 5.74) is 5.44. The van der Waals surface area contributed by atoms with Crippen molar-refractivity contribution in [3.05, 3.63) is 95.1 Å². The van der Waals surface area contributed by atoms with Crippen LogP contribution in [0.3, 0.4) is 0 Å². The second-order valence-electron chi connectivity index (χ2n) is 5.98. The molecule has 0 fully saturated rings. The first-order chi connectivity index (χ1) is 11.1. The summed E-state index contributed by atoms with van der Waals surface area (Å²) >= 11 is 0. The van der Waals surface area contributed by atoms with Crippen molar-refractivity contribution in [3.8, 4) is 0 Å². The normalized spacial score (nSPS) is 9.96. The maximum atomic E-state index is 2.48. The number of benzene rings is 3. The molecular formula is C22H24OP+. The molecule has 0 radical (unpaired) electrons. The largest absolute Gasteiger partial charge is 0.412 e. The van der Waals surface area contributed by atoms with Gasteiger partial charge in [0.15, 0.2) is 18.2 Å². The van der Waals surface area contributed by atoms with Crippen LogP contribution in [0.4, 0.5) is 0 Å². The van der Waals surface area contributed by atoms with Gasteiger partial charge in [-0.05, 0) is 56.2 Å². The van der Waals surface area contributed by atoms with Gasteiger partial charge in [-0.3, -0.25) is 0 Å². The van der Waals surface area contributed by atoms with Crippen LogP contribution in [0.5, 0.6) is 0 Å². The fourth-order valence-corrected chi connectivity index (χ4v) is 5.25. The molecular weight excluding hydrogens is 311 g/mol. The highest BCUT2D eigenvalue weighted by Crippen LogP contribution is 2.25. The van der Waals surface area contributed by atoms with Crippen molar-refractivity contribution in [3.63, 3.8) is 0 Å². The molecule has 0 aliphatic carbocycles. The minimum absolute atomic E-state index is 0. The molecule has 0 aliphatic heterocycles. The maximum Gasteiger partial charge on any atom is 0.170 e. The van der Waals surface area contributed by atoms with Crippen molar-refractivity contribution in [2.75, 3.05) is 0 Å². The highest BCUT2D eigenvalue weighted by Gasteiger charge is 2.19. The third-order valence-electron chi connectivity index (χ3n) is 4.06. The lowest BCUT2D eigenvalue weighted by atomic mass is 10.0. The van der Waals surface area contributed by atoms with E-state index in [0.717, 1.165) is 0 Å². The van der Waals surface area contributed by atoms with Crippen molar-refractivity contribution < 1.29 is 5.48 Å². The number of rotatable bonds is 3. The molecule has 0 saturated carbocycles. The van der Waals surface area contributed by atoms with Gasteiger partial charge >= 0.3 is 0 Å². The number of aryl methyl sites for hydroxylation is 3. The Hall–Kier alpha value is -2.21. The van der Waals surface area contributed by atoms with E-state index in [2.05, 4.69) is 99.4 Å². The first-order valence-electron chi connectivity index (χ1n) is 7.97. The Labute approximate surface area is 145 Å². The molecule has 0 bridgehead atoms. The standard InChI is InChI=1S/C22H22P.H2O/c1-17-14-18(2)22(19(3)15-17)16-23(20-10-6-4-7-11-20)21-12-8-5-9-13-21;/h4-16H,1-3H3;1H2/q+1;. The van der Waals surface area contributed by atoms with Gasteiger partial charge < -0.3 is 5.48 Å². The molecule has 0 atom stereocenters. The van der Waals surface area contributed by atoms with Gasteiger partial charge in [0.1, 0.15) is 5.80 Å². The highest BCUT2D eigenvalue weighted by molar-refractivity contribution is 7.72. The zero-order valence-corrected chi connectivity index (χ0v) is 15.3. The average molecular weight is 335 g/mol. The van der Waals surface area contributed by atoms with Crippen molar-refractivity contribution in [2.24, 2.45) is 0 Å². The van der Waals surface area contributed by atoms with E-state index >= 15 is 0 Å². The van der Waals surface area contributed by atoms with Gasteiger partial charge in [0.05, 0.1) is 0 Å². The van der Waals surface area contributed by atoms with Gasteiger partial charge in [-0.1, -0.05) is 54.1 Å². The Morgan fingerprint density at radius 1 is 0.667 bits per heavy atom. The summed E-state index contributed by atoms with van der Waals surface area (Å²) in [5.74, 6) is 2.48. The molecule has 122 valence electrons. The van der Waals surface area contributed by atoms with Gasteiger partial charge in [0.25, 0.3) is 0 Å². The minimum Gasteiger partial charge on any atom is -0.412 e. The van der Waals surface area contributed by atoms with E-state index in [1.807, 2.05) is 0 Å². The predicted octanol–water partition coefficient (Wildman–Crippen LogP) is 4.07. The fraction of sp³-hybridized carbons (Fsp3) is 0.136. The predicted molar refractivity (Wildman–Crippen MR) is 109 cm³/mol. The van der Waals surface area contributed by atoms with Gasteiger partial charge in [-0.15, -0.1) is 0 Å². The van der Waals surface area contributed by atoms with Crippen molar-refractivity contribution >= 4 is 24.0 Å². The van der Waals surface area contributed by atoms with E-state index in [9.17, 15) is 0 Å². The van der Waals surface area contributed by atoms with Crippen LogP contribution in [0.2, 0.25) is 0 Å². The fourth-order valence-electron chi connectivity index (χ4n) is 3.00. The molecule has 0 amide bonds. The van der Waals surface area contributed by atoms with Gasteiger partial charge in [-0.25, -0.2) is 0 Å². The SMILES string of the molecule is Cc1cc(C)c(C=[P+](c2ccccc2)c2ccccc2)c(C)c1.O. The van der Waals surface area contributed by atoms with E-state index < -0.39 is 7.55 Å². The molecule has 0 aliphatic rings. The van der Waals surface area contributed by atoms with Crippen LogP contribution >= 0.6 is 7.55 Å². The van der Waals surface area contributed by atoms with Crippen molar-refractivity contribution in [1.29, 1.82) is 0 Å². The van der Waals surface area contributed by atoms with Crippen LogP contribution in [0, 0.1) is 20.8 Å². The molecule has 24 heavy (non-hydrogen) atoms. The monoisotopic (exact) mass is 335 g/mol. The molecule has 0 unspecified atom stereocenters. The Morgan fingerprint density at radius 2 is 1.08 bits per heavy atom. The molecule has 0 heterocycles. The van der Waals surface area contributed by atoms with E-state index in [4.69, 9.17) is 0 Å². The molecule has 2 heteroatoms. The molecule has 2 N–H and O–H groups in total. The van der Waals surface area contributed by atoms with Crippen LogP contribution in [-0.2, 0) is 0 Å². The number of hydrogen-bond acceptors (Lipinski definition) is 0. The Bertz CT molecular complexity index is 772. The van der Waals surface area contributed by atoms with Crippen molar-refractivity contribution in [1.82, 2.24) is 0 Å². The third kappa shape index (κ3) is 4.00. The molecule has 3 rings (SSSR count). The minimum atomic E-state index is -0.494. The summed E-state index contributed by atoms with van der Waals surface area (Å²) in [6.07, 6.45) is 0. The Morgan fingerprint density at radius 3 is 1.50 bits per heavy atom. The molecule has 0 saturated heterocycles. The summed E-state index contributed by atoms with van der Waals surface area (Å²) in [5, 5.41) is 2.79. The Balaban J connectivity index is 0.00000208. The van der Waals surface area contributed by atoms with Crippen LogP contribution in [0.15, 0.2) is 72.8 Å². The van der Waals surface area contributed by atoms with Crippen molar-refractivity contribution in [2.45, 2.75) is 20.8 Å². The van der Waals surface area contributed by atoms with Gasteiger partial charge in [-0.2, -0.15) is 0 Å². The van der Waals surface area contributed by atoms with E-state index in [-0.39, 0.29) is 5.48 Å². The number of hydrogen-bond donors (Lipinski definition) is 0. The smallest absolute Gasteiger partial charge is 0.170 e. The van der Waals surface area contributed by atoms with Crippen LogP contribution in [0.25, 0.3) is 0 Å².